The van der Waals surface area contributed by atoms with Crippen LogP contribution in [0.25, 0.3) is 0 Å². The monoisotopic (exact) mass is 261 g/mol. The minimum absolute atomic E-state index is 0.182. The first-order valence-corrected chi connectivity index (χ1v) is 7.02. The number of aromatic nitrogens is 1. The van der Waals surface area contributed by atoms with E-state index in [4.69, 9.17) is 5.73 Å². The molecule has 0 fully saturated rings. The van der Waals surface area contributed by atoms with Crippen LogP contribution in [0.2, 0.25) is 0 Å². The van der Waals surface area contributed by atoms with Crippen molar-refractivity contribution in [3.8, 4) is 0 Å². The van der Waals surface area contributed by atoms with E-state index in [1.165, 1.54) is 11.1 Å². The summed E-state index contributed by atoms with van der Waals surface area (Å²) in [6, 6.07) is 6.49. The molecule has 0 aliphatic heterocycles. The minimum atomic E-state index is 0.182. The average Bonchev–Trinajstić information content (AvgIpc) is 2.82. The molecule has 0 bridgehead atoms. The summed E-state index contributed by atoms with van der Waals surface area (Å²) in [6.45, 7) is 2.90. The van der Waals surface area contributed by atoms with Gasteiger partial charge in [-0.3, -0.25) is 0 Å². The number of rotatable bonds is 5. The van der Waals surface area contributed by atoms with Gasteiger partial charge in [-0.05, 0) is 47.4 Å². The summed E-state index contributed by atoms with van der Waals surface area (Å²) >= 11 is 1.73. The fourth-order valence-electron chi connectivity index (χ4n) is 1.87. The lowest BCUT2D eigenvalue weighted by atomic mass is 10.1. The lowest BCUT2D eigenvalue weighted by molar-refractivity contribution is 0.735. The summed E-state index contributed by atoms with van der Waals surface area (Å²) in [4.78, 5) is 6.64. The molecule has 2 aromatic heterocycles. The maximum atomic E-state index is 5.78. The molecule has 0 radical (unpaired) electrons. The van der Waals surface area contributed by atoms with Gasteiger partial charge in [-0.2, -0.15) is 11.3 Å². The Kier molecular flexibility index (Phi) is 4.33. The molecule has 3 nitrogen and oxygen atoms in total. The molecular weight excluding hydrogens is 242 g/mol. The van der Waals surface area contributed by atoms with E-state index in [0.717, 1.165) is 18.8 Å². The molecular formula is C14H19N3S. The number of hydrogen-bond donors (Lipinski definition) is 1. The van der Waals surface area contributed by atoms with Crippen LogP contribution in [0.15, 0.2) is 35.2 Å². The van der Waals surface area contributed by atoms with Gasteiger partial charge >= 0.3 is 0 Å². The second kappa shape index (κ2) is 5.98. The Morgan fingerprint density at radius 2 is 2.17 bits per heavy atom. The van der Waals surface area contributed by atoms with Crippen LogP contribution in [0.3, 0.4) is 0 Å². The van der Waals surface area contributed by atoms with Crippen LogP contribution in [-0.2, 0) is 13.0 Å². The largest absolute Gasteiger partial charge is 0.355 e. The molecule has 0 amide bonds. The van der Waals surface area contributed by atoms with Crippen LogP contribution in [-0.4, -0.2) is 18.1 Å². The van der Waals surface area contributed by atoms with Crippen molar-refractivity contribution >= 4 is 17.2 Å². The highest BCUT2D eigenvalue weighted by Crippen LogP contribution is 2.15. The highest BCUT2D eigenvalue weighted by molar-refractivity contribution is 7.07. The van der Waals surface area contributed by atoms with Gasteiger partial charge in [0.2, 0.25) is 0 Å². The van der Waals surface area contributed by atoms with Gasteiger partial charge in [-0.1, -0.05) is 6.07 Å². The third-order valence-electron chi connectivity index (χ3n) is 2.76. The predicted octanol–water partition coefficient (Wildman–Crippen LogP) is 2.67. The summed E-state index contributed by atoms with van der Waals surface area (Å²) in [6.07, 6.45) is 2.80. The highest BCUT2D eigenvalue weighted by atomic mass is 32.1. The van der Waals surface area contributed by atoms with Gasteiger partial charge in [0.05, 0.1) is 0 Å². The fourth-order valence-corrected chi connectivity index (χ4v) is 2.53. The molecule has 0 aromatic carbocycles. The first kappa shape index (κ1) is 13.1. The number of thiophene rings is 1. The van der Waals surface area contributed by atoms with Gasteiger partial charge in [-0.25, -0.2) is 4.98 Å². The van der Waals surface area contributed by atoms with Crippen LogP contribution in [0, 0.1) is 0 Å². The van der Waals surface area contributed by atoms with Crippen LogP contribution in [0.1, 0.15) is 18.1 Å². The molecule has 2 heterocycles. The summed E-state index contributed by atoms with van der Waals surface area (Å²) in [7, 11) is 2.06. The molecule has 1 atom stereocenters. The van der Waals surface area contributed by atoms with E-state index in [0.29, 0.717) is 0 Å². The molecule has 2 aromatic rings. The molecule has 1 unspecified atom stereocenters. The summed E-state index contributed by atoms with van der Waals surface area (Å²) in [5.41, 5.74) is 8.29. The van der Waals surface area contributed by atoms with Gasteiger partial charge in [0.15, 0.2) is 0 Å². The number of anilines is 1. The highest BCUT2D eigenvalue weighted by Gasteiger charge is 2.05. The van der Waals surface area contributed by atoms with E-state index in [-0.39, 0.29) is 6.04 Å². The normalized spacial score (nSPS) is 12.4. The number of nitrogens with two attached hydrogens (primary N) is 1. The SMILES string of the molecule is CC(N)Cc1ccc(N(C)Cc2ccsc2)nc1. The number of nitrogens with zero attached hydrogens (tertiary/aromatic N) is 2. The molecule has 0 spiro atoms. The zero-order chi connectivity index (χ0) is 13.0. The molecule has 18 heavy (non-hydrogen) atoms. The van der Waals surface area contributed by atoms with Gasteiger partial charge in [-0.15, -0.1) is 0 Å². The van der Waals surface area contributed by atoms with Crippen molar-refractivity contribution in [2.75, 3.05) is 11.9 Å². The Labute approximate surface area is 112 Å². The molecule has 0 aliphatic carbocycles. The van der Waals surface area contributed by atoms with Crippen LogP contribution in [0.4, 0.5) is 5.82 Å². The molecule has 2 rings (SSSR count). The van der Waals surface area contributed by atoms with E-state index >= 15 is 0 Å². The minimum Gasteiger partial charge on any atom is -0.355 e. The van der Waals surface area contributed by atoms with Gasteiger partial charge in [0.25, 0.3) is 0 Å². The predicted molar refractivity (Wildman–Crippen MR) is 78.0 cm³/mol. The summed E-state index contributed by atoms with van der Waals surface area (Å²) < 4.78 is 0. The van der Waals surface area contributed by atoms with Crippen molar-refractivity contribution in [1.82, 2.24) is 4.98 Å². The Morgan fingerprint density at radius 3 is 2.72 bits per heavy atom. The van der Waals surface area contributed by atoms with E-state index in [2.05, 4.69) is 45.9 Å². The second-order valence-corrected chi connectivity index (χ2v) is 5.47. The Hall–Kier alpha value is -1.39. The molecule has 0 aliphatic rings. The van der Waals surface area contributed by atoms with E-state index in [1.807, 2.05) is 13.1 Å². The molecule has 0 saturated carbocycles. The Morgan fingerprint density at radius 1 is 1.33 bits per heavy atom. The Bertz CT molecular complexity index is 462. The third-order valence-corrected chi connectivity index (χ3v) is 3.49. The smallest absolute Gasteiger partial charge is 0.128 e. The van der Waals surface area contributed by atoms with Crippen molar-refractivity contribution in [2.45, 2.75) is 25.9 Å². The van der Waals surface area contributed by atoms with Gasteiger partial charge in [0.1, 0.15) is 5.82 Å². The Balaban J connectivity index is 2.00. The first-order chi connectivity index (χ1) is 8.65. The van der Waals surface area contributed by atoms with Crippen molar-refractivity contribution in [3.05, 3.63) is 46.3 Å². The van der Waals surface area contributed by atoms with E-state index in [9.17, 15) is 0 Å². The maximum Gasteiger partial charge on any atom is 0.128 e. The maximum absolute atomic E-state index is 5.78. The zero-order valence-corrected chi connectivity index (χ0v) is 11.7. The lowest BCUT2D eigenvalue weighted by Crippen LogP contribution is -2.19. The van der Waals surface area contributed by atoms with E-state index in [1.54, 1.807) is 11.3 Å². The quantitative estimate of drug-likeness (QED) is 0.899. The zero-order valence-electron chi connectivity index (χ0n) is 10.8. The van der Waals surface area contributed by atoms with Crippen molar-refractivity contribution in [1.29, 1.82) is 0 Å². The molecule has 96 valence electrons. The summed E-state index contributed by atoms with van der Waals surface area (Å²) in [5.74, 6) is 0.995. The fraction of sp³-hybridized carbons (Fsp3) is 0.357. The molecule has 0 saturated heterocycles. The van der Waals surface area contributed by atoms with Crippen molar-refractivity contribution < 1.29 is 0 Å². The number of pyridine rings is 1. The molecule has 2 N–H and O–H groups in total. The average molecular weight is 261 g/mol. The van der Waals surface area contributed by atoms with Gasteiger partial charge < -0.3 is 10.6 Å². The second-order valence-electron chi connectivity index (χ2n) is 4.69. The molecule has 4 heteroatoms. The van der Waals surface area contributed by atoms with E-state index < -0.39 is 0 Å². The van der Waals surface area contributed by atoms with Crippen molar-refractivity contribution in [3.63, 3.8) is 0 Å². The van der Waals surface area contributed by atoms with Gasteiger partial charge in [0, 0.05) is 25.8 Å². The first-order valence-electron chi connectivity index (χ1n) is 6.08. The van der Waals surface area contributed by atoms with Crippen molar-refractivity contribution in [2.24, 2.45) is 5.73 Å². The van der Waals surface area contributed by atoms with Crippen LogP contribution >= 0.6 is 11.3 Å². The lowest BCUT2D eigenvalue weighted by Gasteiger charge is -2.17. The summed E-state index contributed by atoms with van der Waals surface area (Å²) in [5, 5.41) is 4.27. The standard InChI is InChI=1S/C14H19N3S/c1-11(15)7-12-3-4-14(16-8-12)17(2)9-13-5-6-18-10-13/h3-6,8,10-11H,7,9,15H2,1-2H3. The number of hydrogen-bond acceptors (Lipinski definition) is 4. The van der Waals surface area contributed by atoms with Crippen LogP contribution in [0.5, 0.6) is 0 Å². The third kappa shape index (κ3) is 3.55. The van der Waals surface area contributed by atoms with Crippen LogP contribution < -0.4 is 10.6 Å². The topological polar surface area (TPSA) is 42.1 Å².